The number of nitrogens with zero attached hydrogens (tertiary/aromatic N) is 2. The molecule has 15 heteroatoms. The highest BCUT2D eigenvalue weighted by Gasteiger charge is 2.35. The first kappa shape index (κ1) is 25.0. The second-order valence-electron chi connectivity index (χ2n) is 6.66. The molecule has 0 radical (unpaired) electrons. The van der Waals surface area contributed by atoms with Crippen molar-refractivity contribution in [2.24, 2.45) is 0 Å². The van der Waals surface area contributed by atoms with E-state index in [1.54, 1.807) is 0 Å². The van der Waals surface area contributed by atoms with Gasteiger partial charge in [-0.3, -0.25) is 4.72 Å². The zero-order chi connectivity index (χ0) is 25.1. The van der Waals surface area contributed by atoms with Crippen LogP contribution in [0.3, 0.4) is 0 Å². The quantitative estimate of drug-likeness (QED) is 0.313. The molecule has 180 valence electrons. The van der Waals surface area contributed by atoms with Gasteiger partial charge in [0.15, 0.2) is 11.6 Å². The van der Waals surface area contributed by atoms with Gasteiger partial charge in [0.1, 0.15) is 10.8 Å². The number of para-hydroxylation sites is 2. The molecule has 34 heavy (non-hydrogen) atoms. The van der Waals surface area contributed by atoms with E-state index in [2.05, 4.69) is 20.6 Å². The number of rotatable bonds is 8. The third kappa shape index (κ3) is 6.68. The summed E-state index contributed by atoms with van der Waals surface area (Å²) < 4.78 is 77.2. The molecule has 0 fully saturated rings. The van der Waals surface area contributed by atoms with Crippen LogP contribution in [0.2, 0.25) is 5.02 Å². The maximum absolute atomic E-state index is 14.1. The molecule has 0 bridgehead atoms. The molecular weight excluding hydrogens is 506 g/mol. The van der Waals surface area contributed by atoms with Crippen molar-refractivity contribution < 1.29 is 35.9 Å². The second-order valence-corrected chi connectivity index (χ2v) is 8.79. The SMILES string of the molecule is O=C(O)c1ccc(F)c(Nc2ncc(Cl)c(Nc3ccccc3NS(=O)(=O)CC(F)(F)F)n2)c1. The van der Waals surface area contributed by atoms with Crippen molar-refractivity contribution in [2.75, 3.05) is 21.1 Å². The molecule has 3 rings (SSSR count). The summed E-state index contributed by atoms with van der Waals surface area (Å²) >= 11 is 6.07. The van der Waals surface area contributed by atoms with E-state index in [0.29, 0.717) is 0 Å². The van der Waals surface area contributed by atoms with Crippen molar-refractivity contribution in [3.05, 3.63) is 65.1 Å². The molecule has 0 aliphatic rings. The van der Waals surface area contributed by atoms with Crippen LogP contribution < -0.4 is 15.4 Å². The normalized spacial score (nSPS) is 11.7. The van der Waals surface area contributed by atoms with Crippen LogP contribution in [0.5, 0.6) is 0 Å². The Bertz CT molecular complexity index is 1340. The summed E-state index contributed by atoms with van der Waals surface area (Å²) in [5.74, 6) is -4.47. The molecule has 0 amide bonds. The minimum atomic E-state index is -4.95. The molecular formula is C19H14ClF4N5O4S. The number of sulfonamides is 1. The molecule has 0 atom stereocenters. The van der Waals surface area contributed by atoms with Gasteiger partial charge in [-0.15, -0.1) is 0 Å². The predicted molar refractivity (Wildman–Crippen MR) is 117 cm³/mol. The average Bonchev–Trinajstić information content (AvgIpc) is 2.71. The fraction of sp³-hybridized carbons (Fsp3) is 0.105. The maximum Gasteiger partial charge on any atom is 0.404 e. The van der Waals surface area contributed by atoms with Crippen molar-refractivity contribution in [2.45, 2.75) is 6.18 Å². The van der Waals surface area contributed by atoms with Gasteiger partial charge in [-0.1, -0.05) is 23.7 Å². The minimum Gasteiger partial charge on any atom is -0.478 e. The first-order valence-electron chi connectivity index (χ1n) is 9.09. The summed E-state index contributed by atoms with van der Waals surface area (Å²) in [5, 5.41) is 14.2. The predicted octanol–water partition coefficient (Wildman–Crippen LogP) is 4.76. The summed E-state index contributed by atoms with van der Waals surface area (Å²) in [4.78, 5) is 19.0. The summed E-state index contributed by atoms with van der Waals surface area (Å²) in [6.45, 7) is 0. The monoisotopic (exact) mass is 519 g/mol. The number of carboxylic acids is 1. The van der Waals surface area contributed by atoms with Gasteiger partial charge in [-0.2, -0.15) is 18.2 Å². The topological polar surface area (TPSA) is 133 Å². The van der Waals surface area contributed by atoms with E-state index in [4.69, 9.17) is 16.7 Å². The van der Waals surface area contributed by atoms with Gasteiger partial charge in [0.2, 0.25) is 16.0 Å². The van der Waals surface area contributed by atoms with Crippen LogP contribution in [0, 0.1) is 5.82 Å². The molecule has 2 aromatic carbocycles. The lowest BCUT2D eigenvalue weighted by molar-refractivity contribution is -0.106. The van der Waals surface area contributed by atoms with Crippen LogP contribution in [0.25, 0.3) is 0 Å². The number of anilines is 5. The number of carbonyl (C=O) groups is 1. The first-order chi connectivity index (χ1) is 15.8. The Hall–Kier alpha value is -3.65. The van der Waals surface area contributed by atoms with E-state index in [1.165, 1.54) is 24.3 Å². The van der Waals surface area contributed by atoms with Gasteiger partial charge in [0.25, 0.3) is 0 Å². The number of carboxylic acid groups (broad SMARTS) is 1. The molecule has 0 saturated heterocycles. The van der Waals surface area contributed by atoms with E-state index < -0.39 is 33.7 Å². The van der Waals surface area contributed by atoms with E-state index in [9.17, 15) is 30.8 Å². The molecule has 0 aliphatic carbocycles. The number of benzene rings is 2. The van der Waals surface area contributed by atoms with Gasteiger partial charge >= 0.3 is 12.1 Å². The zero-order valence-corrected chi connectivity index (χ0v) is 18.3. The number of hydrogen-bond donors (Lipinski definition) is 4. The van der Waals surface area contributed by atoms with Crippen molar-refractivity contribution >= 4 is 56.4 Å². The van der Waals surface area contributed by atoms with E-state index in [1.807, 2.05) is 4.72 Å². The highest BCUT2D eigenvalue weighted by molar-refractivity contribution is 7.92. The zero-order valence-electron chi connectivity index (χ0n) is 16.7. The summed E-state index contributed by atoms with van der Waals surface area (Å²) in [6, 6.07) is 8.46. The standard InChI is InChI=1S/C19H14ClF4N5O4S/c20-11-8-25-18(27-15-7-10(17(30)31)5-6-12(15)21)28-16(11)26-13-3-1-2-4-14(13)29-34(32,33)9-19(22,23)24/h1-8,29H,9H2,(H,30,31)(H2,25,26,27,28). The number of nitrogens with one attached hydrogen (secondary N) is 3. The summed E-state index contributed by atoms with van der Waals surface area (Å²) in [6.07, 6.45) is -3.83. The molecule has 4 N–H and O–H groups in total. The van der Waals surface area contributed by atoms with Crippen LogP contribution in [-0.4, -0.2) is 41.4 Å². The Morgan fingerprint density at radius 2 is 1.74 bits per heavy atom. The molecule has 1 heterocycles. The fourth-order valence-corrected chi connectivity index (χ4v) is 3.77. The van der Waals surface area contributed by atoms with E-state index in [-0.39, 0.29) is 39.4 Å². The van der Waals surface area contributed by atoms with E-state index >= 15 is 0 Å². The maximum atomic E-state index is 14.1. The van der Waals surface area contributed by atoms with Gasteiger partial charge in [-0.25, -0.2) is 22.6 Å². The highest BCUT2D eigenvalue weighted by Crippen LogP contribution is 2.31. The van der Waals surface area contributed by atoms with Crippen molar-refractivity contribution in [1.29, 1.82) is 0 Å². The highest BCUT2D eigenvalue weighted by atomic mass is 35.5. The number of halogens is 5. The molecule has 9 nitrogen and oxygen atoms in total. The Balaban J connectivity index is 1.88. The van der Waals surface area contributed by atoms with Gasteiger partial charge in [0.05, 0.1) is 28.8 Å². The lowest BCUT2D eigenvalue weighted by Gasteiger charge is -2.16. The van der Waals surface area contributed by atoms with Crippen molar-refractivity contribution in [3.8, 4) is 0 Å². The Morgan fingerprint density at radius 1 is 1.06 bits per heavy atom. The average molecular weight is 520 g/mol. The van der Waals surface area contributed by atoms with Crippen LogP contribution >= 0.6 is 11.6 Å². The van der Waals surface area contributed by atoms with E-state index in [0.717, 1.165) is 24.4 Å². The lowest BCUT2D eigenvalue weighted by atomic mass is 10.2. The van der Waals surface area contributed by atoms with Gasteiger partial charge < -0.3 is 15.7 Å². The number of aromatic carboxylic acids is 1. The lowest BCUT2D eigenvalue weighted by Crippen LogP contribution is -2.28. The van der Waals surface area contributed by atoms with Crippen LogP contribution in [0.4, 0.5) is 46.4 Å². The van der Waals surface area contributed by atoms with Gasteiger partial charge in [0, 0.05) is 0 Å². The number of aromatic nitrogens is 2. The largest absolute Gasteiger partial charge is 0.478 e. The molecule has 3 aromatic rings. The second kappa shape index (κ2) is 9.69. The first-order valence-corrected chi connectivity index (χ1v) is 11.1. The Labute approximate surface area is 194 Å². The van der Waals surface area contributed by atoms with Crippen molar-refractivity contribution in [3.63, 3.8) is 0 Å². The number of hydrogen-bond acceptors (Lipinski definition) is 7. The van der Waals surface area contributed by atoms with Crippen LogP contribution in [0.15, 0.2) is 48.7 Å². The molecule has 0 unspecified atom stereocenters. The third-order valence-corrected chi connectivity index (χ3v) is 5.52. The molecule has 0 aliphatic heterocycles. The molecule has 0 saturated carbocycles. The van der Waals surface area contributed by atoms with Crippen LogP contribution in [0.1, 0.15) is 10.4 Å². The Morgan fingerprint density at radius 3 is 2.38 bits per heavy atom. The fourth-order valence-electron chi connectivity index (χ4n) is 2.62. The number of alkyl halides is 3. The molecule has 1 aromatic heterocycles. The molecule has 0 spiro atoms. The van der Waals surface area contributed by atoms with Crippen molar-refractivity contribution in [1.82, 2.24) is 9.97 Å². The smallest absolute Gasteiger partial charge is 0.404 e. The minimum absolute atomic E-state index is 0.0128. The third-order valence-electron chi connectivity index (χ3n) is 4.00. The Kier molecular flexibility index (Phi) is 7.12. The van der Waals surface area contributed by atoms with Crippen LogP contribution in [-0.2, 0) is 10.0 Å². The summed E-state index contributed by atoms with van der Waals surface area (Å²) in [7, 11) is -4.76. The summed E-state index contributed by atoms with van der Waals surface area (Å²) in [5.41, 5.74) is -0.639. The van der Waals surface area contributed by atoms with Gasteiger partial charge in [-0.05, 0) is 30.3 Å².